The highest BCUT2D eigenvalue weighted by atomic mass is 19.1. The first-order chi connectivity index (χ1) is 12.1. The lowest BCUT2D eigenvalue weighted by atomic mass is 10.0. The van der Waals surface area contributed by atoms with Gasteiger partial charge in [-0.25, -0.2) is 19.0 Å². The molecule has 1 atom stereocenters. The summed E-state index contributed by atoms with van der Waals surface area (Å²) >= 11 is 0. The van der Waals surface area contributed by atoms with Gasteiger partial charge in [-0.1, -0.05) is 12.1 Å². The average molecular weight is 362 g/mol. The van der Waals surface area contributed by atoms with Crippen LogP contribution in [0.4, 0.5) is 9.18 Å². The van der Waals surface area contributed by atoms with E-state index >= 15 is 4.39 Å². The minimum atomic E-state index is -2.91. The fraction of sp³-hybridized carbons (Fsp3) is 0.444. The molecule has 2 aliphatic rings. The van der Waals surface area contributed by atoms with Gasteiger partial charge in [0.1, 0.15) is 5.60 Å². The molecule has 4 amide bonds. The molecule has 0 aliphatic carbocycles. The molecular formula is C18H19FN2O5. The molecule has 8 heteroatoms. The van der Waals surface area contributed by atoms with Crippen LogP contribution in [0.15, 0.2) is 24.3 Å². The van der Waals surface area contributed by atoms with Gasteiger partial charge < -0.3 is 4.74 Å². The van der Waals surface area contributed by atoms with Crippen molar-refractivity contribution in [3.63, 3.8) is 0 Å². The largest absolute Gasteiger partial charge is 0.443 e. The Hall–Kier alpha value is -2.77. The first-order valence-electron chi connectivity index (χ1n) is 8.28. The highest BCUT2D eigenvalue weighted by Crippen LogP contribution is 2.37. The van der Waals surface area contributed by atoms with E-state index in [4.69, 9.17) is 4.74 Å². The number of rotatable bonds is 1. The lowest BCUT2D eigenvalue weighted by Gasteiger charge is -2.39. The maximum absolute atomic E-state index is 15.7. The van der Waals surface area contributed by atoms with Crippen LogP contribution in [0.2, 0.25) is 0 Å². The van der Waals surface area contributed by atoms with Crippen LogP contribution in [0.3, 0.4) is 0 Å². The second-order valence-corrected chi connectivity index (χ2v) is 7.29. The first kappa shape index (κ1) is 18.0. The molecule has 1 aromatic carbocycles. The number of imide groups is 2. The SMILES string of the molecule is CC(C)(C)OC(=O)N1CCCC(F)(N2C(=O)c3ccccc3C2=O)C1=O. The summed E-state index contributed by atoms with van der Waals surface area (Å²) in [7, 11) is 0. The number of carbonyl (C=O) groups is 4. The van der Waals surface area contributed by atoms with Gasteiger partial charge in [0, 0.05) is 13.0 Å². The molecule has 0 bridgehead atoms. The fourth-order valence-corrected chi connectivity index (χ4v) is 3.10. The van der Waals surface area contributed by atoms with Gasteiger partial charge in [0.25, 0.3) is 23.5 Å². The van der Waals surface area contributed by atoms with Crippen molar-refractivity contribution in [1.29, 1.82) is 0 Å². The van der Waals surface area contributed by atoms with Gasteiger partial charge in [0.15, 0.2) is 0 Å². The molecule has 2 heterocycles. The molecule has 1 fully saturated rings. The molecule has 7 nitrogen and oxygen atoms in total. The van der Waals surface area contributed by atoms with Crippen LogP contribution < -0.4 is 0 Å². The predicted molar refractivity (Wildman–Crippen MR) is 88.0 cm³/mol. The predicted octanol–water partition coefficient (Wildman–Crippen LogP) is 2.51. The monoisotopic (exact) mass is 362 g/mol. The maximum atomic E-state index is 15.7. The van der Waals surface area contributed by atoms with Gasteiger partial charge >= 0.3 is 6.09 Å². The van der Waals surface area contributed by atoms with E-state index in [0.717, 1.165) is 0 Å². The summed E-state index contributed by atoms with van der Waals surface area (Å²) in [5, 5.41) is 0. The molecule has 0 radical (unpaired) electrons. The van der Waals surface area contributed by atoms with E-state index in [1.165, 1.54) is 12.1 Å². The van der Waals surface area contributed by atoms with Crippen LogP contribution in [0, 0.1) is 0 Å². The maximum Gasteiger partial charge on any atom is 0.417 e. The number of fused-ring (bicyclic) bond motifs is 1. The number of hydrogen-bond acceptors (Lipinski definition) is 5. The van der Waals surface area contributed by atoms with Gasteiger partial charge in [0.2, 0.25) is 0 Å². The Morgan fingerprint density at radius 2 is 1.65 bits per heavy atom. The van der Waals surface area contributed by atoms with Crippen LogP contribution in [0.1, 0.15) is 54.3 Å². The number of benzene rings is 1. The number of carbonyl (C=O) groups excluding carboxylic acids is 4. The van der Waals surface area contributed by atoms with Gasteiger partial charge in [-0.05, 0) is 39.3 Å². The quantitative estimate of drug-likeness (QED) is 0.566. The standard InChI is InChI=1S/C18H19FN2O5/c1-17(2,3)26-16(25)20-10-6-9-18(19,15(20)24)21-13(22)11-7-4-5-8-12(11)14(21)23/h4-5,7-8H,6,9-10H2,1-3H3. The molecule has 1 aromatic rings. The Balaban J connectivity index is 1.93. The van der Waals surface area contributed by atoms with Crippen LogP contribution in [0.25, 0.3) is 0 Å². The Kier molecular flexibility index (Phi) is 4.09. The molecule has 1 saturated heterocycles. The minimum Gasteiger partial charge on any atom is -0.443 e. The van der Waals surface area contributed by atoms with Crippen LogP contribution in [-0.4, -0.2) is 51.6 Å². The highest BCUT2D eigenvalue weighted by Gasteiger charge is 2.58. The average Bonchev–Trinajstić information content (AvgIpc) is 2.81. The number of nitrogens with zero attached hydrogens (tertiary/aromatic N) is 2. The van der Waals surface area contributed by atoms with E-state index in [-0.39, 0.29) is 30.5 Å². The zero-order valence-electron chi connectivity index (χ0n) is 14.7. The molecule has 26 heavy (non-hydrogen) atoms. The number of ether oxygens (including phenoxy) is 1. The molecule has 2 aliphatic heterocycles. The third-order valence-electron chi connectivity index (χ3n) is 4.23. The Bertz CT molecular complexity index is 781. The first-order valence-corrected chi connectivity index (χ1v) is 8.28. The number of halogens is 1. The summed E-state index contributed by atoms with van der Waals surface area (Å²) in [5.41, 5.74) is -0.794. The van der Waals surface area contributed by atoms with E-state index in [0.29, 0.717) is 9.80 Å². The molecule has 138 valence electrons. The molecule has 0 N–H and O–H groups in total. The highest BCUT2D eigenvalue weighted by molar-refractivity contribution is 6.23. The Labute approximate surface area is 149 Å². The normalized spacial score (nSPS) is 23.3. The number of alkyl halides is 1. The van der Waals surface area contributed by atoms with Crippen molar-refractivity contribution in [3.05, 3.63) is 35.4 Å². The summed E-state index contributed by atoms with van der Waals surface area (Å²) in [4.78, 5) is 51.0. The number of likely N-dealkylation sites (tertiary alicyclic amines) is 1. The smallest absolute Gasteiger partial charge is 0.417 e. The molecule has 1 unspecified atom stereocenters. The zero-order valence-corrected chi connectivity index (χ0v) is 14.7. The van der Waals surface area contributed by atoms with E-state index < -0.39 is 35.2 Å². The van der Waals surface area contributed by atoms with Gasteiger partial charge in [-0.2, -0.15) is 0 Å². The van der Waals surface area contributed by atoms with Crippen LogP contribution in [0.5, 0.6) is 0 Å². The van der Waals surface area contributed by atoms with Crippen LogP contribution in [-0.2, 0) is 9.53 Å². The molecule has 0 spiro atoms. The number of amides is 4. The summed E-state index contributed by atoms with van der Waals surface area (Å²) in [6.45, 7) is 4.81. The number of piperidine rings is 1. The topological polar surface area (TPSA) is 84.0 Å². The lowest BCUT2D eigenvalue weighted by Crippen LogP contribution is -2.63. The third kappa shape index (κ3) is 2.75. The van der Waals surface area contributed by atoms with Crippen molar-refractivity contribution in [2.45, 2.75) is 45.0 Å². The van der Waals surface area contributed by atoms with Crippen molar-refractivity contribution in [1.82, 2.24) is 9.80 Å². The summed E-state index contributed by atoms with van der Waals surface area (Å²) in [5.74, 6) is -5.94. The Morgan fingerprint density at radius 1 is 1.12 bits per heavy atom. The van der Waals surface area contributed by atoms with Crippen molar-refractivity contribution in [2.24, 2.45) is 0 Å². The molecule has 0 saturated carbocycles. The van der Waals surface area contributed by atoms with Crippen molar-refractivity contribution < 1.29 is 28.3 Å². The zero-order chi connectivity index (χ0) is 19.3. The molecular weight excluding hydrogens is 343 g/mol. The molecule has 3 rings (SSSR count). The summed E-state index contributed by atoms with van der Waals surface area (Å²) in [6, 6.07) is 5.90. The summed E-state index contributed by atoms with van der Waals surface area (Å²) < 4.78 is 20.8. The van der Waals surface area contributed by atoms with E-state index in [1.807, 2.05) is 0 Å². The fourth-order valence-electron chi connectivity index (χ4n) is 3.10. The third-order valence-corrected chi connectivity index (χ3v) is 4.23. The lowest BCUT2D eigenvalue weighted by molar-refractivity contribution is -0.157. The van der Waals surface area contributed by atoms with Crippen LogP contribution >= 0.6 is 0 Å². The van der Waals surface area contributed by atoms with Crippen molar-refractivity contribution >= 4 is 23.8 Å². The Morgan fingerprint density at radius 3 is 2.15 bits per heavy atom. The molecule has 0 aromatic heterocycles. The van der Waals surface area contributed by atoms with Gasteiger partial charge in [-0.3, -0.25) is 14.4 Å². The second kappa shape index (κ2) is 5.89. The van der Waals surface area contributed by atoms with E-state index in [1.54, 1.807) is 32.9 Å². The second-order valence-electron chi connectivity index (χ2n) is 7.29. The number of hydrogen-bond donors (Lipinski definition) is 0. The minimum absolute atomic E-state index is 0.0386. The van der Waals surface area contributed by atoms with Gasteiger partial charge in [0.05, 0.1) is 11.1 Å². The summed E-state index contributed by atoms with van der Waals surface area (Å²) in [6.07, 6.45) is -1.26. The van der Waals surface area contributed by atoms with Crippen molar-refractivity contribution in [3.8, 4) is 0 Å². The van der Waals surface area contributed by atoms with E-state index in [2.05, 4.69) is 0 Å². The van der Waals surface area contributed by atoms with E-state index in [9.17, 15) is 19.2 Å². The van der Waals surface area contributed by atoms with Gasteiger partial charge in [-0.15, -0.1) is 0 Å². The van der Waals surface area contributed by atoms with Crippen molar-refractivity contribution in [2.75, 3.05) is 6.54 Å².